The predicted molar refractivity (Wildman–Crippen MR) is 85.6 cm³/mol. The molecule has 6 nitrogen and oxygen atoms in total. The van der Waals surface area contributed by atoms with E-state index in [0.29, 0.717) is 25.1 Å². The van der Waals surface area contributed by atoms with Crippen molar-refractivity contribution in [2.45, 2.75) is 39.2 Å². The van der Waals surface area contributed by atoms with Crippen LogP contribution in [0.15, 0.2) is 18.2 Å². The van der Waals surface area contributed by atoms with Crippen LogP contribution in [0.2, 0.25) is 0 Å². The molecular formula is C17H23NO5. The number of ether oxygens (including phenoxy) is 3. The van der Waals surface area contributed by atoms with E-state index in [2.05, 4.69) is 5.32 Å². The number of carbonyl (C=O) groups excluding carboxylic acids is 2. The van der Waals surface area contributed by atoms with Crippen molar-refractivity contribution in [2.24, 2.45) is 5.92 Å². The lowest BCUT2D eigenvalue weighted by molar-refractivity contribution is -0.142. The van der Waals surface area contributed by atoms with Crippen LogP contribution in [0, 0.1) is 5.92 Å². The van der Waals surface area contributed by atoms with Crippen molar-refractivity contribution in [3.8, 4) is 5.75 Å². The fraction of sp³-hybridized carbons (Fsp3) is 0.529. The van der Waals surface area contributed by atoms with E-state index < -0.39 is 11.7 Å². The van der Waals surface area contributed by atoms with Gasteiger partial charge in [0.15, 0.2) is 0 Å². The molecule has 0 spiro atoms. The first-order chi connectivity index (χ1) is 10.8. The highest BCUT2D eigenvalue weighted by Gasteiger charge is 2.23. The molecule has 0 radical (unpaired) electrons. The monoisotopic (exact) mass is 321 g/mol. The zero-order valence-corrected chi connectivity index (χ0v) is 14.0. The number of amides is 1. The molecule has 1 heterocycles. The summed E-state index contributed by atoms with van der Waals surface area (Å²) >= 11 is 0. The minimum atomic E-state index is -0.549. The Morgan fingerprint density at radius 2 is 2.09 bits per heavy atom. The number of rotatable bonds is 3. The lowest BCUT2D eigenvalue weighted by Crippen LogP contribution is -2.27. The Kier molecular flexibility index (Phi) is 5.13. The molecular weight excluding hydrogens is 298 g/mol. The fourth-order valence-corrected chi connectivity index (χ4v) is 2.41. The lowest BCUT2D eigenvalue weighted by Gasteiger charge is -2.25. The minimum Gasteiger partial charge on any atom is -0.493 e. The molecule has 0 bridgehead atoms. The summed E-state index contributed by atoms with van der Waals surface area (Å²) in [6, 6.07) is 5.43. The number of nitrogens with one attached hydrogen (secondary N) is 1. The number of hydrogen-bond acceptors (Lipinski definition) is 5. The SMILES string of the molecule is COC(=O)C[C@@H]1COc2ccc(NC(=O)OC(C)(C)C)cc2C1. The summed E-state index contributed by atoms with van der Waals surface area (Å²) in [7, 11) is 1.38. The van der Waals surface area contributed by atoms with Crippen molar-refractivity contribution in [1.29, 1.82) is 0 Å². The maximum atomic E-state index is 11.8. The topological polar surface area (TPSA) is 73.9 Å². The summed E-state index contributed by atoms with van der Waals surface area (Å²) in [5.41, 5.74) is 1.05. The van der Waals surface area contributed by atoms with Crippen LogP contribution < -0.4 is 10.1 Å². The van der Waals surface area contributed by atoms with Gasteiger partial charge in [-0.3, -0.25) is 10.1 Å². The Morgan fingerprint density at radius 1 is 1.35 bits per heavy atom. The van der Waals surface area contributed by atoms with Crippen LogP contribution in [-0.4, -0.2) is 31.4 Å². The number of methoxy groups -OCH3 is 1. The van der Waals surface area contributed by atoms with Crippen molar-refractivity contribution in [3.05, 3.63) is 23.8 Å². The van der Waals surface area contributed by atoms with Gasteiger partial charge in [-0.15, -0.1) is 0 Å². The molecule has 0 saturated carbocycles. The van der Waals surface area contributed by atoms with Crippen molar-refractivity contribution in [1.82, 2.24) is 0 Å². The van der Waals surface area contributed by atoms with Crippen molar-refractivity contribution < 1.29 is 23.8 Å². The third-order valence-electron chi connectivity index (χ3n) is 3.37. The zero-order valence-electron chi connectivity index (χ0n) is 14.0. The lowest BCUT2D eigenvalue weighted by atomic mass is 9.94. The predicted octanol–water partition coefficient (Wildman–Crippen LogP) is 3.15. The zero-order chi connectivity index (χ0) is 17.0. The number of anilines is 1. The first-order valence-corrected chi connectivity index (χ1v) is 7.59. The number of esters is 1. The number of fused-ring (bicyclic) bond motifs is 1. The van der Waals surface area contributed by atoms with Crippen LogP contribution in [0.5, 0.6) is 5.75 Å². The standard InChI is InChI=1S/C17H23NO5/c1-17(2,3)23-16(20)18-13-5-6-14-12(9-13)7-11(10-22-14)8-15(19)21-4/h5-6,9,11H,7-8,10H2,1-4H3,(H,18,20)/t11-/m1/s1. The van der Waals surface area contributed by atoms with Crippen LogP contribution in [-0.2, 0) is 20.7 Å². The van der Waals surface area contributed by atoms with Gasteiger partial charge < -0.3 is 14.2 Å². The molecule has 0 fully saturated rings. The summed E-state index contributed by atoms with van der Waals surface area (Å²) in [6.07, 6.45) is 0.522. The second kappa shape index (κ2) is 6.89. The molecule has 1 aliphatic heterocycles. The highest BCUT2D eigenvalue weighted by atomic mass is 16.6. The minimum absolute atomic E-state index is 0.0757. The largest absolute Gasteiger partial charge is 0.493 e. The Bertz CT molecular complexity index is 591. The van der Waals surface area contributed by atoms with E-state index in [9.17, 15) is 9.59 Å². The number of carbonyl (C=O) groups is 2. The maximum absolute atomic E-state index is 11.8. The first kappa shape index (κ1) is 17.1. The van der Waals surface area contributed by atoms with Gasteiger partial charge in [-0.2, -0.15) is 0 Å². The smallest absolute Gasteiger partial charge is 0.412 e. The molecule has 1 aliphatic rings. The molecule has 0 aliphatic carbocycles. The van der Waals surface area contributed by atoms with Gasteiger partial charge in [0.25, 0.3) is 0 Å². The van der Waals surface area contributed by atoms with E-state index in [1.807, 2.05) is 32.9 Å². The molecule has 0 saturated heterocycles. The van der Waals surface area contributed by atoms with E-state index in [4.69, 9.17) is 14.2 Å². The van der Waals surface area contributed by atoms with Crippen molar-refractivity contribution in [2.75, 3.05) is 19.0 Å². The molecule has 1 aromatic carbocycles. The highest BCUT2D eigenvalue weighted by Crippen LogP contribution is 2.31. The molecule has 23 heavy (non-hydrogen) atoms. The quantitative estimate of drug-likeness (QED) is 0.866. The molecule has 1 N–H and O–H groups in total. The average Bonchev–Trinajstić information content (AvgIpc) is 2.44. The van der Waals surface area contributed by atoms with E-state index in [-0.39, 0.29) is 11.9 Å². The third kappa shape index (κ3) is 5.16. The number of benzene rings is 1. The summed E-state index contributed by atoms with van der Waals surface area (Å²) in [5.74, 6) is 0.609. The third-order valence-corrected chi connectivity index (χ3v) is 3.37. The van der Waals surface area contributed by atoms with Crippen LogP contribution in [0.3, 0.4) is 0 Å². The molecule has 1 amide bonds. The Balaban J connectivity index is 2.03. The van der Waals surface area contributed by atoms with Gasteiger partial charge in [0.05, 0.1) is 20.1 Å². The molecule has 126 valence electrons. The summed E-state index contributed by atoms with van der Waals surface area (Å²) in [4.78, 5) is 23.2. The normalized spacial score (nSPS) is 16.8. The van der Waals surface area contributed by atoms with E-state index in [1.54, 1.807) is 6.07 Å². The Hall–Kier alpha value is -2.24. The van der Waals surface area contributed by atoms with Gasteiger partial charge >= 0.3 is 12.1 Å². The molecule has 2 rings (SSSR count). The van der Waals surface area contributed by atoms with Gasteiger partial charge in [-0.05, 0) is 51.0 Å². The van der Waals surface area contributed by atoms with Gasteiger partial charge in [-0.25, -0.2) is 4.79 Å². The van der Waals surface area contributed by atoms with Crippen LogP contribution in [0.1, 0.15) is 32.8 Å². The van der Waals surface area contributed by atoms with Crippen LogP contribution in [0.25, 0.3) is 0 Å². The van der Waals surface area contributed by atoms with Gasteiger partial charge in [-0.1, -0.05) is 0 Å². The van der Waals surface area contributed by atoms with Gasteiger partial charge in [0.2, 0.25) is 0 Å². The fourth-order valence-electron chi connectivity index (χ4n) is 2.41. The van der Waals surface area contributed by atoms with Gasteiger partial charge in [0.1, 0.15) is 11.4 Å². The van der Waals surface area contributed by atoms with Crippen molar-refractivity contribution >= 4 is 17.7 Å². The Labute approximate surface area is 136 Å². The second-order valence-corrected chi connectivity index (χ2v) is 6.61. The molecule has 1 aromatic rings. The average molecular weight is 321 g/mol. The van der Waals surface area contributed by atoms with Gasteiger partial charge in [0, 0.05) is 11.6 Å². The molecule has 0 aromatic heterocycles. The highest BCUT2D eigenvalue weighted by molar-refractivity contribution is 5.85. The molecule has 6 heteroatoms. The second-order valence-electron chi connectivity index (χ2n) is 6.61. The first-order valence-electron chi connectivity index (χ1n) is 7.59. The van der Waals surface area contributed by atoms with Crippen LogP contribution in [0.4, 0.5) is 10.5 Å². The summed E-state index contributed by atoms with van der Waals surface area (Å²) < 4.78 is 15.6. The number of hydrogen-bond donors (Lipinski definition) is 1. The Morgan fingerprint density at radius 3 is 2.74 bits per heavy atom. The molecule has 0 unspecified atom stereocenters. The molecule has 1 atom stereocenters. The van der Waals surface area contributed by atoms with E-state index in [1.165, 1.54) is 7.11 Å². The van der Waals surface area contributed by atoms with Crippen LogP contribution >= 0.6 is 0 Å². The van der Waals surface area contributed by atoms with E-state index in [0.717, 1.165) is 11.3 Å². The summed E-state index contributed by atoms with van der Waals surface area (Å²) in [6.45, 7) is 5.92. The van der Waals surface area contributed by atoms with E-state index >= 15 is 0 Å². The maximum Gasteiger partial charge on any atom is 0.412 e. The van der Waals surface area contributed by atoms with Crippen molar-refractivity contribution in [3.63, 3.8) is 0 Å². The summed E-state index contributed by atoms with van der Waals surface area (Å²) in [5, 5.41) is 2.71.